The topological polar surface area (TPSA) is 12.9 Å². The number of fused-ring (bicyclic) bond motifs is 4. The number of benzene rings is 6. The van der Waals surface area contributed by atoms with Gasteiger partial charge in [-0.25, -0.2) is 0 Å². The molecule has 0 bridgehead atoms. The fourth-order valence-corrected chi connectivity index (χ4v) is 6.14. The van der Waals surface area contributed by atoms with E-state index in [1.807, 2.05) is 18.3 Å². The molecule has 1 aliphatic carbocycles. The molecule has 0 saturated carbocycles. The Balaban J connectivity index is 1.27. The number of hydrogen-bond donors (Lipinski definition) is 0. The average molecular weight is 482 g/mol. The first-order valence-electron chi connectivity index (χ1n) is 13.1. The SMILES string of the molecule is c1ccc(-c2ccc3c(-c4cccc(-c5ccc6c7c(cccc57)-c5ccccc5-6)c4)cccc3c2)nc1. The minimum atomic E-state index is 0.996. The maximum atomic E-state index is 4.54. The first-order valence-corrected chi connectivity index (χ1v) is 13.1. The van der Waals surface area contributed by atoms with Crippen molar-refractivity contribution in [1.82, 2.24) is 4.98 Å². The number of aromatic nitrogens is 1. The van der Waals surface area contributed by atoms with E-state index in [0.29, 0.717) is 0 Å². The predicted octanol–water partition coefficient (Wildman–Crippen LogP) is 10.0. The smallest absolute Gasteiger partial charge is 0.0702 e. The van der Waals surface area contributed by atoms with Gasteiger partial charge >= 0.3 is 0 Å². The predicted molar refractivity (Wildman–Crippen MR) is 160 cm³/mol. The second-order valence-corrected chi connectivity index (χ2v) is 9.97. The largest absolute Gasteiger partial charge is 0.256 e. The maximum absolute atomic E-state index is 4.54. The van der Waals surface area contributed by atoms with Gasteiger partial charge in [0.1, 0.15) is 0 Å². The molecule has 0 spiro atoms. The minimum Gasteiger partial charge on any atom is -0.256 e. The summed E-state index contributed by atoms with van der Waals surface area (Å²) in [5.41, 5.74) is 12.5. The van der Waals surface area contributed by atoms with Crippen LogP contribution in [0.2, 0.25) is 0 Å². The van der Waals surface area contributed by atoms with Crippen molar-refractivity contribution in [3.8, 4) is 55.8 Å². The molecule has 1 nitrogen and oxygen atoms in total. The highest BCUT2D eigenvalue weighted by Crippen LogP contribution is 2.49. The summed E-state index contributed by atoms with van der Waals surface area (Å²) in [5, 5.41) is 5.15. The van der Waals surface area contributed by atoms with Crippen LogP contribution in [0, 0.1) is 0 Å². The molecule has 1 heteroatoms. The molecule has 8 rings (SSSR count). The Morgan fingerprint density at radius 2 is 1.03 bits per heavy atom. The van der Waals surface area contributed by atoms with Crippen LogP contribution in [0.25, 0.3) is 77.3 Å². The van der Waals surface area contributed by atoms with Crippen molar-refractivity contribution >= 4 is 21.5 Å². The lowest BCUT2D eigenvalue weighted by atomic mass is 9.91. The van der Waals surface area contributed by atoms with Gasteiger partial charge < -0.3 is 0 Å². The standard InChI is InChI=1S/C37H23N/c1-2-12-32-31(11-1)34-15-7-14-33-30(19-20-35(32)37(33)34)25-9-5-8-24(22-25)28-13-6-10-26-23-27(17-18-29(26)28)36-16-3-4-21-38-36/h1-23H. The Kier molecular flexibility index (Phi) is 4.59. The summed E-state index contributed by atoms with van der Waals surface area (Å²) in [4.78, 5) is 4.54. The van der Waals surface area contributed by atoms with E-state index >= 15 is 0 Å². The zero-order valence-corrected chi connectivity index (χ0v) is 20.7. The Morgan fingerprint density at radius 3 is 1.84 bits per heavy atom. The molecule has 1 aliphatic rings. The monoisotopic (exact) mass is 481 g/mol. The first-order chi connectivity index (χ1) is 18.8. The molecule has 6 aromatic carbocycles. The molecule has 0 amide bonds. The van der Waals surface area contributed by atoms with E-state index in [0.717, 1.165) is 11.3 Å². The third-order valence-corrected chi connectivity index (χ3v) is 7.87. The molecule has 0 fully saturated rings. The van der Waals surface area contributed by atoms with Gasteiger partial charge in [0.05, 0.1) is 5.69 Å². The lowest BCUT2D eigenvalue weighted by Crippen LogP contribution is -1.87. The molecule has 0 unspecified atom stereocenters. The van der Waals surface area contributed by atoms with Crippen molar-refractivity contribution in [2.45, 2.75) is 0 Å². The van der Waals surface area contributed by atoms with Gasteiger partial charge in [-0.05, 0) is 90.3 Å². The van der Waals surface area contributed by atoms with Gasteiger partial charge in [0.25, 0.3) is 0 Å². The second kappa shape index (κ2) is 8.26. The lowest BCUT2D eigenvalue weighted by Gasteiger charge is -2.13. The van der Waals surface area contributed by atoms with Crippen LogP contribution in [0.5, 0.6) is 0 Å². The van der Waals surface area contributed by atoms with Gasteiger partial charge in [-0.15, -0.1) is 0 Å². The van der Waals surface area contributed by atoms with Gasteiger partial charge in [0.15, 0.2) is 0 Å². The molecule has 0 atom stereocenters. The number of rotatable bonds is 3. The lowest BCUT2D eigenvalue weighted by molar-refractivity contribution is 1.33. The van der Waals surface area contributed by atoms with Crippen LogP contribution in [0.1, 0.15) is 0 Å². The highest BCUT2D eigenvalue weighted by Gasteiger charge is 2.22. The van der Waals surface area contributed by atoms with E-state index in [-0.39, 0.29) is 0 Å². The average Bonchev–Trinajstić information content (AvgIpc) is 3.32. The van der Waals surface area contributed by atoms with Crippen LogP contribution in [-0.2, 0) is 0 Å². The summed E-state index contributed by atoms with van der Waals surface area (Å²) >= 11 is 0. The maximum Gasteiger partial charge on any atom is 0.0702 e. The van der Waals surface area contributed by atoms with Crippen LogP contribution < -0.4 is 0 Å². The van der Waals surface area contributed by atoms with Crippen molar-refractivity contribution in [2.75, 3.05) is 0 Å². The van der Waals surface area contributed by atoms with Crippen molar-refractivity contribution in [1.29, 1.82) is 0 Å². The molecular formula is C37H23N. The Hall–Kier alpha value is -5.01. The molecule has 1 heterocycles. The third kappa shape index (κ3) is 3.16. The highest BCUT2D eigenvalue weighted by molar-refractivity contribution is 6.18. The van der Waals surface area contributed by atoms with Gasteiger partial charge in [-0.1, -0.05) is 109 Å². The minimum absolute atomic E-state index is 0.996. The van der Waals surface area contributed by atoms with E-state index in [9.17, 15) is 0 Å². The van der Waals surface area contributed by atoms with Crippen molar-refractivity contribution < 1.29 is 0 Å². The highest BCUT2D eigenvalue weighted by atomic mass is 14.7. The summed E-state index contributed by atoms with van der Waals surface area (Å²) < 4.78 is 0. The number of pyridine rings is 1. The summed E-state index contributed by atoms with van der Waals surface area (Å²) in [5.74, 6) is 0. The van der Waals surface area contributed by atoms with E-state index in [1.54, 1.807) is 0 Å². The Morgan fingerprint density at radius 1 is 0.368 bits per heavy atom. The molecule has 0 aliphatic heterocycles. The van der Waals surface area contributed by atoms with Crippen molar-refractivity contribution in [3.05, 3.63) is 140 Å². The molecule has 176 valence electrons. The van der Waals surface area contributed by atoms with Gasteiger partial charge in [0, 0.05) is 11.8 Å². The van der Waals surface area contributed by atoms with Crippen LogP contribution in [-0.4, -0.2) is 4.98 Å². The molecule has 0 radical (unpaired) electrons. The molecule has 7 aromatic rings. The first kappa shape index (κ1) is 21.1. The molecule has 0 N–H and O–H groups in total. The summed E-state index contributed by atoms with van der Waals surface area (Å²) in [6, 6.07) is 48.3. The van der Waals surface area contributed by atoms with Gasteiger partial charge in [-0.3, -0.25) is 4.98 Å². The van der Waals surface area contributed by atoms with Gasteiger partial charge in [-0.2, -0.15) is 0 Å². The summed E-state index contributed by atoms with van der Waals surface area (Å²) in [7, 11) is 0. The summed E-state index contributed by atoms with van der Waals surface area (Å²) in [6.45, 7) is 0. The third-order valence-electron chi connectivity index (χ3n) is 7.87. The number of hydrogen-bond acceptors (Lipinski definition) is 1. The van der Waals surface area contributed by atoms with Crippen LogP contribution in [0.15, 0.2) is 140 Å². The van der Waals surface area contributed by atoms with Gasteiger partial charge in [0.2, 0.25) is 0 Å². The fraction of sp³-hybridized carbons (Fsp3) is 0. The molecular weight excluding hydrogens is 458 g/mol. The quantitative estimate of drug-likeness (QED) is 0.245. The Bertz CT molecular complexity index is 1990. The van der Waals surface area contributed by atoms with E-state index < -0.39 is 0 Å². The molecule has 38 heavy (non-hydrogen) atoms. The molecule has 1 aromatic heterocycles. The fourth-order valence-electron chi connectivity index (χ4n) is 6.14. The van der Waals surface area contributed by atoms with Crippen LogP contribution >= 0.6 is 0 Å². The summed E-state index contributed by atoms with van der Waals surface area (Å²) in [6.07, 6.45) is 1.85. The van der Waals surface area contributed by atoms with Crippen LogP contribution in [0.4, 0.5) is 0 Å². The zero-order valence-electron chi connectivity index (χ0n) is 20.7. The van der Waals surface area contributed by atoms with E-state index in [2.05, 4.69) is 126 Å². The Labute approximate surface area is 221 Å². The zero-order chi connectivity index (χ0) is 25.1. The van der Waals surface area contributed by atoms with Crippen LogP contribution in [0.3, 0.4) is 0 Å². The van der Waals surface area contributed by atoms with E-state index in [1.165, 1.54) is 66.1 Å². The van der Waals surface area contributed by atoms with E-state index in [4.69, 9.17) is 0 Å². The second-order valence-electron chi connectivity index (χ2n) is 9.97. The van der Waals surface area contributed by atoms with Crippen molar-refractivity contribution in [2.24, 2.45) is 0 Å². The van der Waals surface area contributed by atoms with Crippen molar-refractivity contribution in [3.63, 3.8) is 0 Å². The molecule has 0 saturated heterocycles. The normalized spacial score (nSPS) is 11.7. The number of nitrogens with zero attached hydrogens (tertiary/aromatic N) is 1.